The van der Waals surface area contributed by atoms with Gasteiger partial charge in [-0.05, 0) is 38.0 Å². The van der Waals surface area contributed by atoms with Crippen LogP contribution in [0.15, 0.2) is 36.0 Å². The summed E-state index contributed by atoms with van der Waals surface area (Å²) in [6, 6.07) is -0.579. The summed E-state index contributed by atoms with van der Waals surface area (Å²) in [5.41, 5.74) is 2.80. The third-order valence-electron chi connectivity index (χ3n) is 7.28. The van der Waals surface area contributed by atoms with Crippen molar-refractivity contribution in [3.63, 3.8) is 0 Å². The molecule has 0 aromatic heterocycles. The van der Waals surface area contributed by atoms with E-state index in [1.807, 2.05) is 17.1 Å². The van der Waals surface area contributed by atoms with Crippen LogP contribution in [0.2, 0.25) is 0 Å². The van der Waals surface area contributed by atoms with Gasteiger partial charge in [-0.3, -0.25) is 14.8 Å². The summed E-state index contributed by atoms with van der Waals surface area (Å²) in [5, 5.41) is 12.5. The number of hydrogen-bond donors (Lipinski definition) is 3. The van der Waals surface area contributed by atoms with Crippen LogP contribution in [0.25, 0.3) is 0 Å². The van der Waals surface area contributed by atoms with Crippen LogP contribution in [0.3, 0.4) is 0 Å². The number of allylic oxidation sites excluding steroid dienone is 2. The molecular weight excluding hydrogens is 370 g/mol. The van der Waals surface area contributed by atoms with Crippen LogP contribution in [0.1, 0.15) is 32.6 Å². The molecule has 2 aliphatic heterocycles. The molecule has 29 heavy (non-hydrogen) atoms. The van der Waals surface area contributed by atoms with Gasteiger partial charge in [0, 0.05) is 32.7 Å². The third-order valence-corrected chi connectivity index (χ3v) is 7.28. The lowest BCUT2D eigenvalue weighted by molar-refractivity contribution is -0.144. The summed E-state index contributed by atoms with van der Waals surface area (Å²) in [7, 11) is 1.73. The topological polar surface area (TPSA) is 90.9 Å². The molecule has 0 aromatic rings. The van der Waals surface area contributed by atoms with Crippen LogP contribution in [0.5, 0.6) is 0 Å². The average molecular weight is 402 g/mol. The minimum atomic E-state index is -0.579. The van der Waals surface area contributed by atoms with Crippen molar-refractivity contribution in [1.82, 2.24) is 15.7 Å². The second-order valence-corrected chi connectivity index (χ2v) is 9.07. The lowest BCUT2D eigenvalue weighted by Gasteiger charge is -2.40. The maximum atomic E-state index is 13.2. The Hall–Kier alpha value is -1.96. The number of carbonyl (C=O) groups is 2. The smallest absolute Gasteiger partial charge is 0.248 e. The summed E-state index contributed by atoms with van der Waals surface area (Å²) in [6.07, 6.45) is 14.0. The van der Waals surface area contributed by atoms with Crippen LogP contribution >= 0.6 is 0 Å². The number of methoxy groups -OCH3 is 1. The standard InChI is InChI=1S/C22H31N3O4/c1-21(29-2)8-4-3-5-17(21)15-6-11-25(12-7-15)20(27)18-16(19(26)24-28)13-22(9-10-22)14-23-18/h3-6,8,16-18,23,28H,7,9-14H2,1-2H3,(H,24,26). The maximum absolute atomic E-state index is 13.2. The van der Waals surface area contributed by atoms with Crippen molar-refractivity contribution in [3.05, 3.63) is 36.0 Å². The fourth-order valence-corrected chi connectivity index (χ4v) is 5.04. The van der Waals surface area contributed by atoms with Gasteiger partial charge in [-0.15, -0.1) is 0 Å². The largest absolute Gasteiger partial charge is 0.373 e. The summed E-state index contributed by atoms with van der Waals surface area (Å²) in [4.78, 5) is 27.3. The quantitative estimate of drug-likeness (QED) is 0.378. The number of amides is 2. The third kappa shape index (κ3) is 3.79. The van der Waals surface area contributed by atoms with Crippen molar-refractivity contribution in [2.75, 3.05) is 26.7 Å². The number of ether oxygens (including phenoxy) is 1. The zero-order valence-electron chi connectivity index (χ0n) is 17.2. The number of carbonyl (C=O) groups excluding carboxylic acids is 2. The highest BCUT2D eigenvalue weighted by Crippen LogP contribution is 2.52. The Balaban J connectivity index is 1.45. The molecule has 0 bridgehead atoms. The Labute approximate surface area is 171 Å². The monoisotopic (exact) mass is 401 g/mol. The minimum absolute atomic E-state index is 0.0574. The first-order valence-corrected chi connectivity index (χ1v) is 10.5. The van der Waals surface area contributed by atoms with Gasteiger partial charge in [0.15, 0.2) is 0 Å². The van der Waals surface area contributed by atoms with Crippen molar-refractivity contribution < 1.29 is 19.5 Å². The van der Waals surface area contributed by atoms with Crippen LogP contribution in [0.4, 0.5) is 0 Å². The van der Waals surface area contributed by atoms with Crippen molar-refractivity contribution >= 4 is 11.8 Å². The van der Waals surface area contributed by atoms with E-state index in [1.54, 1.807) is 12.6 Å². The van der Waals surface area contributed by atoms with E-state index in [-0.39, 0.29) is 22.8 Å². The molecule has 3 N–H and O–H groups in total. The first kappa shape index (κ1) is 20.3. The minimum Gasteiger partial charge on any atom is -0.373 e. The van der Waals surface area contributed by atoms with Gasteiger partial charge in [0.05, 0.1) is 17.6 Å². The molecule has 2 heterocycles. The van der Waals surface area contributed by atoms with Crippen LogP contribution < -0.4 is 10.8 Å². The molecule has 1 saturated heterocycles. The highest BCUT2D eigenvalue weighted by atomic mass is 16.5. The molecule has 2 fully saturated rings. The second-order valence-electron chi connectivity index (χ2n) is 9.07. The molecule has 7 nitrogen and oxygen atoms in total. The Kier molecular flexibility index (Phi) is 5.40. The molecule has 0 radical (unpaired) electrons. The van der Waals surface area contributed by atoms with Crippen molar-refractivity contribution in [2.45, 2.75) is 44.2 Å². The zero-order chi connectivity index (χ0) is 20.6. The summed E-state index contributed by atoms with van der Waals surface area (Å²) >= 11 is 0. The van der Waals surface area contributed by atoms with Gasteiger partial charge in [-0.25, -0.2) is 5.48 Å². The van der Waals surface area contributed by atoms with E-state index in [2.05, 4.69) is 30.5 Å². The molecule has 1 spiro atoms. The number of hydroxylamine groups is 1. The highest BCUT2D eigenvalue weighted by Gasteiger charge is 2.52. The van der Waals surface area contributed by atoms with Crippen LogP contribution in [0, 0.1) is 17.3 Å². The molecule has 0 aromatic carbocycles. The normalized spacial score (nSPS) is 35.3. The average Bonchev–Trinajstić information content (AvgIpc) is 3.51. The van der Waals surface area contributed by atoms with Gasteiger partial charge >= 0.3 is 0 Å². The summed E-state index contributed by atoms with van der Waals surface area (Å²) in [5.74, 6) is -0.898. The molecule has 158 valence electrons. The van der Waals surface area contributed by atoms with E-state index in [0.717, 1.165) is 25.8 Å². The molecule has 2 aliphatic carbocycles. The van der Waals surface area contributed by atoms with Crippen molar-refractivity contribution in [3.8, 4) is 0 Å². The number of nitrogens with one attached hydrogen (secondary N) is 2. The van der Waals surface area contributed by atoms with Crippen LogP contribution in [-0.2, 0) is 14.3 Å². The summed E-state index contributed by atoms with van der Waals surface area (Å²) < 4.78 is 5.75. The van der Waals surface area contributed by atoms with Crippen molar-refractivity contribution in [1.29, 1.82) is 0 Å². The molecule has 4 rings (SSSR count). The van der Waals surface area contributed by atoms with Crippen molar-refractivity contribution in [2.24, 2.45) is 17.3 Å². The van der Waals surface area contributed by atoms with E-state index in [0.29, 0.717) is 19.5 Å². The Morgan fingerprint density at radius 2 is 2.14 bits per heavy atom. The van der Waals surface area contributed by atoms with E-state index < -0.39 is 17.9 Å². The highest BCUT2D eigenvalue weighted by molar-refractivity contribution is 5.90. The molecular formula is C22H31N3O4. The van der Waals surface area contributed by atoms with Gasteiger partial charge in [0.1, 0.15) is 0 Å². The van der Waals surface area contributed by atoms with Gasteiger partial charge < -0.3 is 15.0 Å². The fourth-order valence-electron chi connectivity index (χ4n) is 5.04. The molecule has 7 heteroatoms. The van der Waals surface area contributed by atoms with Gasteiger partial charge in [0.25, 0.3) is 0 Å². The Bertz CT molecular complexity index is 770. The Morgan fingerprint density at radius 3 is 2.76 bits per heavy atom. The molecule has 4 unspecified atom stereocenters. The molecule has 4 aliphatic rings. The maximum Gasteiger partial charge on any atom is 0.248 e. The molecule has 1 saturated carbocycles. The fraction of sp³-hybridized carbons (Fsp3) is 0.636. The molecule has 2 amide bonds. The zero-order valence-corrected chi connectivity index (χ0v) is 17.2. The van der Waals surface area contributed by atoms with E-state index >= 15 is 0 Å². The lowest BCUT2D eigenvalue weighted by Crippen LogP contribution is -2.59. The van der Waals surface area contributed by atoms with E-state index in [9.17, 15) is 9.59 Å². The number of nitrogens with zero attached hydrogens (tertiary/aromatic N) is 1. The lowest BCUT2D eigenvalue weighted by atomic mass is 9.77. The number of hydrogen-bond acceptors (Lipinski definition) is 5. The predicted molar refractivity (Wildman–Crippen MR) is 108 cm³/mol. The number of rotatable bonds is 4. The SMILES string of the molecule is COC1(C)C=CC=CC1C1=CCN(C(=O)C2NCC3(CC3)CC2C(=O)NO)CC1. The predicted octanol–water partition coefficient (Wildman–Crippen LogP) is 1.56. The van der Waals surface area contributed by atoms with E-state index in [1.165, 1.54) is 5.57 Å². The summed E-state index contributed by atoms with van der Waals surface area (Å²) in [6.45, 7) is 3.99. The first-order chi connectivity index (χ1) is 13.9. The Morgan fingerprint density at radius 1 is 1.34 bits per heavy atom. The van der Waals surface area contributed by atoms with Gasteiger partial charge in [-0.1, -0.05) is 36.0 Å². The van der Waals surface area contributed by atoms with Gasteiger partial charge in [0.2, 0.25) is 11.8 Å². The van der Waals surface area contributed by atoms with E-state index in [4.69, 9.17) is 9.94 Å². The molecule has 4 atom stereocenters. The van der Waals surface area contributed by atoms with Crippen LogP contribution in [-0.4, -0.2) is 60.3 Å². The van der Waals surface area contributed by atoms with Gasteiger partial charge in [-0.2, -0.15) is 0 Å². The second kappa shape index (κ2) is 7.70. The first-order valence-electron chi connectivity index (χ1n) is 10.5. The number of piperidine rings is 1.